The van der Waals surface area contributed by atoms with Crippen LogP contribution >= 0.6 is 0 Å². The monoisotopic (exact) mass is 280 g/mol. The molecule has 0 spiro atoms. The first-order chi connectivity index (χ1) is 9.65. The van der Waals surface area contributed by atoms with Crippen molar-refractivity contribution in [3.8, 4) is 0 Å². The maximum atomic E-state index is 11.8. The first-order valence-electron chi connectivity index (χ1n) is 6.91. The second kappa shape index (κ2) is 12.2. The third-order valence-corrected chi connectivity index (χ3v) is 2.53. The Morgan fingerprint density at radius 2 is 1.65 bits per heavy atom. The lowest BCUT2D eigenvalue weighted by atomic mass is 10.1. The summed E-state index contributed by atoms with van der Waals surface area (Å²) in [7, 11) is 0. The first-order valence-corrected chi connectivity index (χ1v) is 6.91. The molecule has 4 heteroatoms. The van der Waals surface area contributed by atoms with Gasteiger partial charge in [0.15, 0.2) is 0 Å². The highest BCUT2D eigenvalue weighted by Crippen LogP contribution is 2.12. The lowest BCUT2D eigenvalue weighted by Gasteiger charge is -2.07. The number of rotatable bonds is 11. The number of carbonyl (C=O) groups excluding carboxylic acids is 2. The molecule has 0 aliphatic rings. The fraction of sp³-hybridized carbons (Fsp3) is 0.500. The summed E-state index contributed by atoms with van der Waals surface area (Å²) in [4.78, 5) is 23.3. The van der Waals surface area contributed by atoms with Crippen LogP contribution < -0.4 is 0 Å². The fourth-order valence-corrected chi connectivity index (χ4v) is 1.53. The molecule has 0 fully saturated rings. The minimum Gasteiger partial charge on any atom is -0.458 e. The van der Waals surface area contributed by atoms with Gasteiger partial charge in [0.25, 0.3) is 0 Å². The third-order valence-electron chi connectivity index (χ3n) is 2.53. The van der Waals surface area contributed by atoms with E-state index in [0.29, 0.717) is 12.0 Å². The first kappa shape index (κ1) is 18.2. The lowest BCUT2D eigenvalue weighted by Crippen LogP contribution is -2.11. The van der Waals surface area contributed by atoms with Crippen LogP contribution in [0.2, 0.25) is 0 Å². The molecule has 0 aromatic heterocycles. The minimum atomic E-state index is -0.550. The molecule has 112 valence electrons. The van der Waals surface area contributed by atoms with Gasteiger partial charge in [0.2, 0.25) is 0 Å². The van der Waals surface area contributed by atoms with Crippen LogP contribution in [-0.2, 0) is 19.1 Å². The highest BCUT2D eigenvalue weighted by Gasteiger charge is 2.13. The topological polar surface area (TPSA) is 52.6 Å². The van der Waals surface area contributed by atoms with Gasteiger partial charge in [0.05, 0.1) is 0 Å². The van der Waals surface area contributed by atoms with E-state index in [0.717, 1.165) is 25.7 Å². The molecule has 0 saturated heterocycles. The summed E-state index contributed by atoms with van der Waals surface area (Å²) >= 11 is 0. The van der Waals surface area contributed by atoms with Crippen molar-refractivity contribution in [3.63, 3.8) is 0 Å². The van der Waals surface area contributed by atoms with Crippen molar-refractivity contribution >= 4 is 11.9 Å². The van der Waals surface area contributed by atoms with E-state index in [4.69, 9.17) is 9.47 Å². The molecule has 0 amide bonds. The van der Waals surface area contributed by atoms with Gasteiger partial charge in [-0.05, 0) is 12.8 Å². The van der Waals surface area contributed by atoms with Gasteiger partial charge in [0, 0.05) is 11.6 Å². The molecule has 0 radical (unpaired) electrons. The van der Waals surface area contributed by atoms with Gasteiger partial charge < -0.3 is 9.47 Å². The Balaban J connectivity index is 4.54. The predicted octanol–water partition coefficient (Wildman–Crippen LogP) is 3.34. The fourth-order valence-electron chi connectivity index (χ4n) is 1.53. The average Bonchev–Trinajstić information content (AvgIpc) is 2.45. The summed E-state index contributed by atoms with van der Waals surface area (Å²) in [5.74, 6) is -1.04. The minimum absolute atomic E-state index is 0.125. The van der Waals surface area contributed by atoms with Gasteiger partial charge in [-0.1, -0.05) is 51.5 Å². The summed E-state index contributed by atoms with van der Waals surface area (Å²) in [6.45, 7) is 9.31. The lowest BCUT2D eigenvalue weighted by molar-refractivity contribution is -0.140. The molecule has 4 nitrogen and oxygen atoms in total. The summed E-state index contributed by atoms with van der Waals surface area (Å²) < 4.78 is 9.80. The van der Waals surface area contributed by atoms with E-state index in [-0.39, 0.29) is 13.2 Å². The highest BCUT2D eigenvalue weighted by atomic mass is 16.5. The average molecular weight is 280 g/mol. The van der Waals surface area contributed by atoms with Crippen LogP contribution in [0.15, 0.2) is 37.0 Å². The van der Waals surface area contributed by atoms with Crippen LogP contribution in [0, 0.1) is 0 Å². The van der Waals surface area contributed by atoms with Crippen LogP contribution in [0.4, 0.5) is 0 Å². The number of hydrogen-bond acceptors (Lipinski definition) is 4. The smallest absolute Gasteiger partial charge is 0.334 e. The van der Waals surface area contributed by atoms with E-state index in [9.17, 15) is 9.59 Å². The number of carbonyl (C=O) groups is 2. The van der Waals surface area contributed by atoms with E-state index in [2.05, 4.69) is 20.1 Å². The molecule has 20 heavy (non-hydrogen) atoms. The molecule has 0 aliphatic carbocycles. The predicted molar refractivity (Wildman–Crippen MR) is 79.2 cm³/mol. The molecule has 0 bridgehead atoms. The van der Waals surface area contributed by atoms with Crippen LogP contribution in [0.25, 0.3) is 0 Å². The Morgan fingerprint density at radius 3 is 2.25 bits per heavy atom. The van der Waals surface area contributed by atoms with Crippen LogP contribution in [0.5, 0.6) is 0 Å². The van der Waals surface area contributed by atoms with Crippen LogP contribution in [0.3, 0.4) is 0 Å². The molecule has 0 N–H and O–H groups in total. The highest BCUT2D eigenvalue weighted by molar-refractivity contribution is 5.96. The van der Waals surface area contributed by atoms with Crippen molar-refractivity contribution in [2.24, 2.45) is 0 Å². The Kier molecular flexibility index (Phi) is 11.1. The number of ether oxygens (including phenoxy) is 2. The molecule has 0 aliphatic heterocycles. The molecule has 0 atom stereocenters. The van der Waals surface area contributed by atoms with Gasteiger partial charge in [-0.3, -0.25) is 0 Å². The molecular weight excluding hydrogens is 256 g/mol. The van der Waals surface area contributed by atoms with Crippen molar-refractivity contribution in [1.82, 2.24) is 0 Å². The molecule has 0 rings (SSSR count). The normalized spacial score (nSPS) is 10.8. The Bertz CT molecular complexity index is 355. The zero-order valence-corrected chi connectivity index (χ0v) is 12.2. The maximum Gasteiger partial charge on any atom is 0.334 e. The standard InChI is InChI=1S/C16H24O4/c1-4-7-8-9-10-14(16(18)20-12-6-3)13-15(17)19-11-5-2/h5-6,13H,2-4,7-12H2,1H3/b14-13+. The number of unbranched alkanes of at least 4 members (excludes halogenated alkanes) is 3. The van der Waals surface area contributed by atoms with Crippen LogP contribution in [-0.4, -0.2) is 25.2 Å². The zero-order chi connectivity index (χ0) is 15.2. The Labute approximate surface area is 121 Å². The van der Waals surface area contributed by atoms with Gasteiger partial charge >= 0.3 is 11.9 Å². The van der Waals surface area contributed by atoms with Crippen molar-refractivity contribution in [2.45, 2.75) is 39.0 Å². The summed E-state index contributed by atoms with van der Waals surface area (Å²) in [6.07, 6.45) is 8.77. The van der Waals surface area contributed by atoms with E-state index in [1.54, 1.807) is 0 Å². The van der Waals surface area contributed by atoms with E-state index < -0.39 is 11.9 Å². The van der Waals surface area contributed by atoms with Crippen molar-refractivity contribution in [3.05, 3.63) is 37.0 Å². The van der Waals surface area contributed by atoms with Gasteiger partial charge in [-0.25, -0.2) is 9.59 Å². The molecule has 0 unspecified atom stereocenters. The Morgan fingerprint density at radius 1 is 1.00 bits per heavy atom. The second-order valence-electron chi connectivity index (χ2n) is 4.29. The van der Waals surface area contributed by atoms with Crippen molar-refractivity contribution < 1.29 is 19.1 Å². The second-order valence-corrected chi connectivity index (χ2v) is 4.29. The van der Waals surface area contributed by atoms with E-state index in [1.807, 2.05) is 0 Å². The van der Waals surface area contributed by atoms with E-state index in [1.165, 1.54) is 18.2 Å². The molecule has 0 heterocycles. The SMILES string of the molecule is C=CCOC(=O)/C=C(\CCCCCC)C(=O)OCC=C. The van der Waals surface area contributed by atoms with Gasteiger partial charge in [-0.2, -0.15) is 0 Å². The van der Waals surface area contributed by atoms with Gasteiger partial charge in [-0.15, -0.1) is 0 Å². The van der Waals surface area contributed by atoms with Gasteiger partial charge in [0.1, 0.15) is 13.2 Å². The zero-order valence-electron chi connectivity index (χ0n) is 12.2. The summed E-state index contributed by atoms with van der Waals surface area (Å²) in [5, 5.41) is 0. The molecule has 0 aromatic rings. The van der Waals surface area contributed by atoms with Crippen molar-refractivity contribution in [2.75, 3.05) is 13.2 Å². The molecule has 0 aromatic carbocycles. The van der Waals surface area contributed by atoms with Crippen molar-refractivity contribution in [1.29, 1.82) is 0 Å². The maximum absolute atomic E-state index is 11.8. The molecular formula is C16H24O4. The van der Waals surface area contributed by atoms with E-state index >= 15 is 0 Å². The summed E-state index contributed by atoms with van der Waals surface area (Å²) in [5.41, 5.74) is 0.344. The number of esters is 2. The number of hydrogen-bond donors (Lipinski definition) is 0. The quantitative estimate of drug-likeness (QED) is 0.252. The Hall–Kier alpha value is -1.84. The van der Waals surface area contributed by atoms with Crippen LogP contribution in [0.1, 0.15) is 39.0 Å². The summed E-state index contributed by atoms with van der Waals surface area (Å²) in [6, 6.07) is 0. The third kappa shape index (κ3) is 9.14. The largest absolute Gasteiger partial charge is 0.458 e. The molecule has 0 saturated carbocycles.